The van der Waals surface area contributed by atoms with Gasteiger partial charge in [-0.15, -0.1) is 0 Å². The minimum absolute atomic E-state index is 0.0582. The standard InChI is InChI=1S/C13H24N2O2/c1-4-14-5-7-15(6-1)12-2-8-17-13(10-12)3-9-16-11-13/h12,14H,1-11H2. The van der Waals surface area contributed by atoms with Crippen LogP contribution in [0.3, 0.4) is 0 Å². The van der Waals surface area contributed by atoms with Crippen molar-refractivity contribution in [2.45, 2.75) is 37.3 Å². The smallest absolute Gasteiger partial charge is 0.0951 e. The molecule has 0 amide bonds. The van der Waals surface area contributed by atoms with Gasteiger partial charge in [0, 0.05) is 38.8 Å². The van der Waals surface area contributed by atoms with Crippen LogP contribution in [0.5, 0.6) is 0 Å². The van der Waals surface area contributed by atoms with E-state index >= 15 is 0 Å². The Hall–Kier alpha value is -0.160. The molecule has 17 heavy (non-hydrogen) atoms. The summed E-state index contributed by atoms with van der Waals surface area (Å²) in [7, 11) is 0. The van der Waals surface area contributed by atoms with Crippen LogP contribution in [0, 0.1) is 0 Å². The molecule has 1 N–H and O–H groups in total. The summed E-state index contributed by atoms with van der Waals surface area (Å²) in [5.74, 6) is 0. The molecule has 1 spiro atoms. The third-order valence-electron chi connectivity index (χ3n) is 4.43. The number of rotatable bonds is 1. The number of hydrogen-bond donors (Lipinski definition) is 1. The van der Waals surface area contributed by atoms with Gasteiger partial charge in [0.2, 0.25) is 0 Å². The zero-order chi connectivity index (χ0) is 11.6. The van der Waals surface area contributed by atoms with E-state index in [0.29, 0.717) is 6.04 Å². The molecule has 4 nitrogen and oxygen atoms in total. The molecule has 3 aliphatic heterocycles. The second-order valence-corrected chi connectivity index (χ2v) is 5.62. The van der Waals surface area contributed by atoms with Crippen molar-refractivity contribution in [1.82, 2.24) is 10.2 Å². The zero-order valence-corrected chi connectivity index (χ0v) is 10.6. The molecule has 2 atom stereocenters. The van der Waals surface area contributed by atoms with Gasteiger partial charge in [-0.3, -0.25) is 4.90 Å². The quantitative estimate of drug-likeness (QED) is 0.728. The highest BCUT2D eigenvalue weighted by molar-refractivity contribution is 4.94. The Balaban J connectivity index is 1.62. The molecule has 0 aromatic carbocycles. The molecule has 0 radical (unpaired) electrons. The van der Waals surface area contributed by atoms with E-state index in [2.05, 4.69) is 10.2 Å². The molecule has 0 aromatic rings. The Morgan fingerprint density at radius 2 is 2.18 bits per heavy atom. The third-order valence-corrected chi connectivity index (χ3v) is 4.43. The summed E-state index contributed by atoms with van der Waals surface area (Å²) in [4.78, 5) is 2.67. The van der Waals surface area contributed by atoms with E-state index < -0.39 is 0 Å². The van der Waals surface area contributed by atoms with Crippen molar-refractivity contribution in [3.05, 3.63) is 0 Å². The molecule has 0 bridgehead atoms. The lowest BCUT2D eigenvalue weighted by molar-refractivity contribution is -0.105. The normalized spacial score (nSPS) is 40.6. The number of nitrogens with one attached hydrogen (secondary N) is 1. The molecule has 0 saturated carbocycles. The van der Waals surface area contributed by atoms with E-state index in [1.807, 2.05) is 0 Å². The first-order chi connectivity index (χ1) is 8.38. The fraction of sp³-hybridized carbons (Fsp3) is 1.00. The van der Waals surface area contributed by atoms with Crippen molar-refractivity contribution >= 4 is 0 Å². The van der Waals surface area contributed by atoms with E-state index in [9.17, 15) is 0 Å². The second kappa shape index (κ2) is 5.22. The van der Waals surface area contributed by atoms with E-state index in [1.54, 1.807) is 0 Å². The molecule has 0 aromatic heterocycles. The molecule has 98 valence electrons. The summed E-state index contributed by atoms with van der Waals surface area (Å²) in [6.45, 7) is 7.37. The minimum Gasteiger partial charge on any atom is -0.378 e. The lowest BCUT2D eigenvalue weighted by Gasteiger charge is -2.41. The monoisotopic (exact) mass is 240 g/mol. The van der Waals surface area contributed by atoms with Crippen LogP contribution in [0.25, 0.3) is 0 Å². The van der Waals surface area contributed by atoms with Gasteiger partial charge in [-0.25, -0.2) is 0 Å². The van der Waals surface area contributed by atoms with Crippen LogP contribution in [-0.4, -0.2) is 62.5 Å². The second-order valence-electron chi connectivity index (χ2n) is 5.62. The number of ether oxygens (including phenoxy) is 2. The molecule has 3 aliphatic rings. The van der Waals surface area contributed by atoms with Crippen LogP contribution in [-0.2, 0) is 9.47 Å². The molecular weight excluding hydrogens is 216 g/mol. The molecule has 3 rings (SSSR count). The van der Waals surface area contributed by atoms with Crippen LogP contribution in [0.4, 0.5) is 0 Å². The highest BCUT2D eigenvalue weighted by Crippen LogP contribution is 2.34. The van der Waals surface area contributed by atoms with E-state index in [-0.39, 0.29) is 5.60 Å². The van der Waals surface area contributed by atoms with E-state index in [0.717, 1.165) is 32.8 Å². The summed E-state index contributed by atoms with van der Waals surface area (Å²) >= 11 is 0. The molecule has 3 fully saturated rings. The van der Waals surface area contributed by atoms with Gasteiger partial charge in [0.25, 0.3) is 0 Å². The van der Waals surface area contributed by atoms with Gasteiger partial charge < -0.3 is 14.8 Å². The maximum Gasteiger partial charge on any atom is 0.0951 e. The SMILES string of the molecule is C1CNCCN(C2CCOC3(CCOC3)C2)C1. The topological polar surface area (TPSA) is 33.7 Å². The fourth-order valence-corrected chi connectivity index (χ4v) is 3.41. The average molecular weight is 240 g/mol. The molecule has 4 heteroatoms. The van der Waals surface area contributed by atoms with Crippen LogP contribution in [0.15, 0.2) is 0 Å². The Morgan fingerprint density at radius 1 is 1.18 bits per heavy atom. The lowest BCUT2D eigenvalue weighted by Crippen LogP contribution is -2.50. The van der Waals surface area contributed by atoms with Crippen LogP contribution in [0.1, 0.15) is 25.7 Å². The Morgan fingerprint density at radius 3 is 3.06 bits per heavy atom. The number of nitrogens with zero attached hydrogens (tertiary/aromatic N) is 1. The van der Waals surface area contributed by atoms with Gasteiger partial charge in [0.1, 0.15) is 0 Å². The van der Waals surface area contributed by atoms with Gasteiger partial charge in [0.15, 0.2) is 0 Å². The molecule has 3 heterocycles. The van der Waals surface area contributed by atoms with Crippen molar-refractivity contribution < 1.29 is 9.47 Å². The first-order valence-electron chi connectivity index (χ1n) is 7.05. The predicted molar refractivity (Wildman–Crippen MR) is 66.2 cm³/mol. The molecular formula is C13H24N2O2. The zero-order valence-electron chi connectivity index (χ0n) is 10.6. The van der Waals surface area contributed by atoms with Gasteiger partial charge in [-0.1, -0.05) is 0 Å². The van der Waals surface area contributed by atoms with Gasteiger partial charge in [-0.2, -0.15) is 0 Å². The Kier molecular flexibility index (Phi) is 3.66. The summed E-state index contributed by atoms with van der Waals surface area (Å²) < 4.78 is 11.6. The highest BCUT2D eigenvalue weighted by Gasteiger charge is 2.42. The van der Waals surface area contributed by atoms with Crippen molar-refractivity contribution in [1.29, 1.82) is 0 Å². The van der Waals surface area contributed by atoms with Gasteiger partial charge in [0.05, 0.1) is 12.2 Å². The van der Waals surface area contributed by atoms with Crippen molar-refractivity contribution in [3.8, 4) is 0 Å². The molecule has 2 unspecified atom stereocenters. The minimum atomic E-state index is 0.0582. The van der Waals surface area contributed by atoms with Crippen molar-refractivity contribution in [2.24, 2.45) is 0 Å². The summed E-state index contributed by atoms with van der Waals surface area (Å²) in [6, 6.07) is 0.713. The maximum atomic E-state index is 6.01. The average Bonchev–Trinajstić information content (AvgIpc) is 2.66. The van der Waals surface area contributed by atoms with E-state index in [4.69, 9.17) is 9.47 Å². The van der Waals surface area contributed by atoms with E-state index in [1.165, 1.54) is 38.9 Å². The first-order valence-corrected chi connectivity index (χ1v) is 7.05. The highest BCUT2D eigenvalue weighted by atomic mass is 16.6. The first kappa shape index (κ1) is 11.9. The lowest BCUT2D eigenvalue weighted by atomic mass is 9.89. The Labute approximate surface area is 104 Å². The molecule has 0 aliphatic carbocycles. The largest absolute Gasteiger partial charge is 0.378 e. The maximum absolute atomic E-state index is 6.01. The van der Waals surface area contributed by atoms with Crippen LogP contribution in [0.2, 0.25) is 0 Å². The molecule has 3 saturated heterocycles. The Bertz CT molecular complexity index is 246. The summed E-state index contributed by atoms with van der Waals surface area (Å²) in [5.41, 5.74) is 0.0582. The van der Waals surface area contributed by atoms with Crippen molar-refractivity contribution in [3.63, 3.8) is 0 Å². The number of hydrogen-bond acceptors (Lipinski definition) is 4. The van der Waals surface area contributed by atoms with Gasteiger partial charge >= 0.3 is 0 Å². The summed E-state index contributed by atoms with van der Waals surface area (Å²) in [6.07, 6.45) is 4.74. The predicted octanol–water partition coefficient (Wildman–Crippen LogP) is 0.620. The fourth-order valence-electron chi connectivity index (χ4n) is 3.41. The van der Waals surface area contributed by atoms with Crippen molar-refractivity contribution in [2.75, 3.05) is 46.0 Å². The summed E-state index contributed by atoms with van der Waals surface area (Å²) in [5, 5.41) is 3.48. The van der Waals surface area contributed by atoms with Crippen LogP contribution < -0.4 is 5.32 Å². The van der Waals surface area contributed by atoms with Gasteiger partial charge in [-0.05, 0) is 32.4 Å². The van der Waals surface area contributed by atoms with Crippen LogP contribution >= 0.6 is 0 Å². The third kappa shape index (κ3) is 2.65.